The highest BCUT2D eigenvalue weighted by Crippen LogP contribution is 2.24. The van der Waals surface area contributed by atoms with Crippen molar-refractivity contribution in [1.82, 2.24) is 10.6 Å². The summed E-state index contributed by atoms with van der Waals surface area (Å²) in [6.07, 6.45) is 1.88. The van der Waals surface area contributed by atoms with Crippen LogP contribution in [-0.4, -0.2) is 40.2 Å². The fourth-order valence-corrected chi connectivity index (χ4v) is 3.05. The quantitative estimate of drug-likeness (QED) is 0.667. The van der Waals surface area contributed by atoms with Crippen molar-refractivity contribution in [3.63, 3.8) is 0 Å². The van der Waals surface area contributed by atoms with E-state index >= 15 is 0 Å². The predicted molar refractivity (Wildman–Crippen MR) is 90.0 cm³/mol. The molecule has 0 fully saturated rings. The SMILES string of the molecule is CCCNCCNC(=O)c1cc(Br)cc(S(C)(=O)=O)c1F.Cl. The Bertz CT molecular complexity index is 626. The van der Waals surface area contributed by atoms with Crippen LogP contribution in [0.15, 0.2) is 21.5 Å². The van der Waals surface area contributed by atoms with E-state index in [1.807, 2.05) is 6.92 Å². The number of nitrogens with one attached hydrogen (secondary N) is 2. The molecule has 0 atom stereocenters. The number of amides is 1. The molecule has 0 saturated heterocycles. The molecule has 0 aromatic heterocycles. The largest absolute Gasteiger partial charge is 0.351 e. The van der Waals surface area contributed by atoms with Crippen molar-refractivity contribution in [3.8, 4) is 0 Å². The highest BCUT2D eigenvalue weighted by Gasteiger charge is 2.21. The van der Waals surface area contributed by atoms with Gasteiger partial charge >= 0.3 is 0 Å². The topological polar surface area (TPSA) is 75.3 Å². The third-order valence-corrected chi connectivity index (χ3v) is 4.22. The maximum Gasteiger partial charge on any atom is 0.254 e. The molecule has 0 heterocycles. The second-order valence-corrected chi connectivity index (χ2v) is 7.44. The standard InChI is InChI=1S/C13H18BrFN2O3S.ClH/c1-3-4-16-5-6-17-13(18)10-7-9(14)8-11(12(10)15)21(2,19)20;/h7-8,16H,3-6H2,1-2H3,(H,17,18);1H. The molecule has 5 nitrogen and oxygen atoms in total. The number of carbonyl (C=O) groups excluding carboxylic acids is 1. The molecule has 126 valence electrons. The number of benzene rings is 1. The van der Waals surface area contributed by atoms with E-state index in [-0.39, 0.29) is 18.0 Å². The van der Waals surface area contributed by atoms with Gasteiger partial charge in [-0.25, -0.2) is 12.8 Å². The van der Waals surface area contributed by atoms with E-state index in [1.165, 1.54) is 6.07 Å². The van der Waals surface area contributed by atoms with Crippen molar-refractivity contribution in [2.75, 3.05) is 25.9 Å². The molecule has 0 saturated carbocycles. The van der Waals surface area contributed by atoms with Crippen LogP contribution in [0.1, 0.15) is 23.7 Å². The minimum Gasteiger partial charge on any atom is -0.351 e. The van der Waals surface area contributed by atoms with E-state index < -0.39 is 26.5 Å². The molecule has 1 aromatic rings. The van der Waals surface area contributed by atoms with Crippen LogP contribution >= 0.6 is 28.3 Å². The Labute approximate surface area is 144 Å². The van der Waals surface area contributed by atoms with Gasteiger partial charge in [0.1, 0.15) is 4.90 Å². The first kappa shape index (κ1) is 21.3. The number of rotatable bonds is 7. The number of halogens is 3. The summed E-state index contributed by atoms with van der Waals surface area (Å²) in [5.41, 5.74) is -0.291. The number of hydrogen-bond acceptors (Lipinski definition) is 4. The van der Waals surface area contributed by atoms with Gasteiger partial charge in [-0.3, -0.25) is 4.79 Å². The summed E-state index contributed by atoms with van der Waals surface area (Å²) in [6.45, 7) is 3.75. The van der Waals surface area contributed by atoms with Crippen molar-refractivity contribution in [3.05, 3.63) is 28.0 Å². The lowest BCUT2D eigenvalue weighted by molar-refractivity contribution is 0.0949. The number of carbonyl (C=O) groups is 1. The van der Waals surface area contributed by atoms with Crippen molar-refractivity contribution in [1.29, 1.82) is 0 Å². The fourth-order valence-electron chi connectivity index (χ4n) is 1.66. The fraction of sp³-hybridized carbons (Fsp3) is 0.462. The second-order valence-electron chi connectivity index (χ2n) is 4.54. The Morgan fingerprint density at radius 3 is 2.45 bits per heavy atom. The molecule has 22 heavy (non-hydrogen) atoms. The van der Waals surface area contributed by atoms with Crippen LogP contribution in [0.25, 0.3) is 0 Å². The lowest BCUT2D eigenvalue weighted by atomic mass is 10.2. The predicted octanol–water partition coefficient (Wildman–Crippen LogP) is 2.14. The van der Waals surface area contributed by atoms with E-state index in [2.05, 4.69) is 26.6 Å². The summed E-state index contributed by atoms with van der Waals surface area (Å²) in [6, 6.07) is 2.41. The third-order valence-electron chi connectivity index (χ3n) is 2.66. The molecular formula is C13H19BrClFN2O3S. The van der Waals surface area contributed by atoms with Crippen molar-refractivity contribution in [2.24, 2.45) is 0 Å². The van der Waals surface area contributed by atoms with Crippen LogP contribution in [0.5, 0.6) is 0 Å². The Balaban J connectivity index is 0.00000441. The summed E-state index contributed by atoms with van der Waals surface area (Å²) in [5, 5.41) is 5.64. The highest BCUT2D eigenvalue weighted by atomic mass is 79.9. The summed E-state index contributed by atoms with van der Waals surface area (Å²) in [7, 11) is -3.74. The summed E-state index contributed by atoms with van der Waals surface area (Å²) >= 11 is 3.09. The van der Waals surface area contributed by atoms with Gasteiger partial charge in [-0.15, -0.1) is 12.4 Å². The van der Waals surface area contributed by atoms with Gasteiger partial charge in [0.05, 0.1) is 5.56 Å². The summed E-state index contributed by atoms with van der Waals surface area (Å²) in [5.74, 6) is -1.67. The van der Waals surface area contributed by atoms with Gasteiger partial charge in [0.2, 0.25) is 0 Å². The van der Waals surface area contributed by atoms with Crippen LogP contribution in [0.3, 0.4) is 0 Å². The zero-order valence-corrected chi connectivity index (χ0v) is 15.5. The third kappa shape index (κ3) is 6.20. The highest BCUT2D eigenvalue weighted by molar-refractivity contribution is 9.10. The molecule has 0 aliphatic rings. The summed E-state index contributed by atoms with van der Waals surface area (Å²) in [4.78, 5) is 11.4. The first-order valence-corrected chi connectivity index (χ1v) is 9.13. The van der Waals surface area contributed by atoms with Gasteiger partial charge in [-0.1, -0.05) is 22.9 Å². The van der Waals surface area contributed by atoms with Gasteiger partial charge in [0.15, 0.2) is 15.7 Å². The van der Waals surface area contributed by atoms with Gasteiger partial charge in [-0.2, -0.15) is 0 Å². The molecule has 1 rings (SSSR count). The molecule has 0 spiro atoms. The Hall–Kier alpha value is -0.700. The van der Waals surface area contributed by atoms with E-state index in [0.29, 0.717) is 17.6 Å². The van der Waals surface area contributed by atoms with Gasteiger partial charge < -0.3 is 10.6 Å². The normalized spacial score (nSPS) is 10.9. The van der Waals surface area contributed by atoms with E-state index in [9.17, 15) is 17.6 Å². The maximum atomic E-state index is 14.2. The van der Waals surface area contributed by atoms with Gasteiger partial charge in [0, 0.05) is 23.8 Å². The van der Waals surface area contributed by atoms with Crippen LogP contribution in [0.4, 0.5) is 4.39 Å². The molecule has 2 N–H and O–H groups in total. The minimum absolute atomic E-state index is 0. The first-order valence-electron chi connectivity index (χ1n) is 6.45. The second kappa shape index (κ2) is 9.44. The Morgan fingerprint density at radius 2 is 1.91 bits per heavy atom. The number of sulfone groups is 1. The van der Waals surface area contributed by atoms with E-state index in [1.54, 1.807) is 0 Å². The molecule has 0 radical (unpaired) electrons. The Kier molecular flexibility index (Phi) is 9.14. The zero-order valence-electron chi connectivity index (χ0n) is 12.3. The molecule has 0 unspecified atom stereocenters. The van der Waals surface area contributed by atoms with Crippen LogP contribution in [-0.2, 0) is 9.84 Å². The Morgan fingerprint density at radius 1 is 1.27 bits per heavy atom. The van der Waals surface area contributed by atoms with E-state index in [0.717, 1.165) is 25.3 Å². The van der Waals surface area contributed by atoms with Crippen molar-refractivity contribution >= 4 is 44.1 Å². The first-order chi connectivity index (χ1) is 9.77. The van der Waals surface area contributed by atoms with Crippen LogP contribution in [0, 0.1) is 5.82 Å². The molecular weight excluding hydrogens is 399 g/mol. The number of hydrogen-bond donors (Lipinski definition) is 2. The van der Waals surface area contributed by atoms with E-state index in [4.69, 9.17) is 0 Å². The molecule has 0 aliphatic carbocycles. The average Bonchev–Trinajstić information content (AvgIpc) is 2.39. The maximum absolute atomic E-state index is 14.2. The zero-order chi connectivity index (χ0) is 16.0. The smallest absolute Gasteiger partial charge is 0.254 e. The van der Waals surface area contributed by atoms with Crippen LogP contribution < -0.4 is 10.6 Å². The van der Waals surface area contributed by atoms with Gasteiger partial charge in [-0.05, 0) is 25.1 Å². The monoisotopic (exact) mass is 416 g/mol. The summed E-state index contributed by atoms with van der Waals surface area (Å²) < 4.78 is 37.5. The average molecular weight is 418 g/mol. The van der Waals surface area contributed by atoms with Crippen molar-refractivity contribution in [2.45, 2.75) is 18.2 Å². The minimum atomic E-state index is -3.74. The molecule has 1 amide bonds. The molecule has 0 aliphatic heterocycles. The van der Waals surface area contributed by atoms with Crippen molar-refractivity contribution < 1.29 is 17.6 Å². The molecule has 1 aromatic carbocycles. The lowest BCUT2D eigenvalue weighted by Gasteiger charge is -2.10. The lowest BCUT2D eigenvalue weighted by Crippen LogP contribution is -2.32. The molecule has 0 bridgehead atoms. The molecule has 9 heteroatoms. The van der Waals surface area contributed by atoms with Gasteiger partial charge in [0.25, 0.3) is 5.91 Å². The van der Waals surface area contributed by atoms with Crippen LogP contribution in [0.2, 0.25) is 0 Å².